The maximum absolute atomic E-state index is 11.4. The van der Waals surface area contributed by atoms with Crippen LogP contribution in [0.2, 0.25) is 0 Å². The normalized spacial score (nSPS) is 27.2. The Bertz CT molecular complexity index is 450. The van der Waals surface area contributed by atoms with Crippen molar-refractivity contribution in [2.75, 3.05) is 0 Å². The monoisotopic (exact) mass is 342 g/mol. The predicted octanol–water partition coefficient (Wildman–Crippen LogP) is 4.82. The van der Waals surface area contributed by atoms with Crippen LogP contribution in [-0.4, -0.2) is 16.3 Å². The molecule has 0 bridgehead atoms. The van der Waals surface area contributed by atoms with Gasteiger partial charge < -0.3 is 5.11 Å². The molecule has 2 rings (SSSR count). The molecule has 1 fully saturated rings. The van der Waals surface area contributed by atoms with Gasteiger partial charge in [-0.3, -0.25) is 4.79 Å². The highest BCUT2D eigenvalue weighted by atomic mass is 79.9. The second-order valence-electron chi connectivity index (χ2n) is 5.15. The number of halogens is 1. The molecule has 2 nitrogen and oxygen atoms in total. The minimum Gasteiger partial charge on any atom is -0.481 e. The number of rotatable bonds is 4. The molecule has 19 heavy (non-hydrogen) atoms. The Kier molecular flexibility index (Phi) is 5.34. The molecule has 0 spiro atoms. The van der Waals surface area contributed by atoms with Crippen molar-refractivity contribution in [1.29, 1.82) is 0 Å². The second-order valence-corrected chi connectivity index (χ2v) is 7.37. The maximum Gasteiger partial charge on any atom is 0.307 e. The molecule has 1 aliphatic rings. The first kappa shape index (κ1) is 14.9. The Morgan fingerprint density at radius 2 is 2.26 bits per heavy atom. The van der Waals surface area contributed by atoms with Crippen LogP contribution in [0.4, 0.5) is 0 Å². The summed E-state index contributed by atoms with van der Waals surface area (Å²) in [7, 11) is 0. The first-order chi connectivity index (χ1) is 9.10. The van der Waals surface area contributed by atoms with Gasteiger partial charge in [-0.1, -0.05) is 35.3 Å². The van der Waals surface area contributed by atoms with E-state index >= 15 is 0 Å². The number of thioether (sulfide) groups is 1. The Morgan fingerprint density at radius 1 is 1.47 bits per heavy atom. The molecular formula is C15H19BrO2S. The van der Waals surface area contributed by atoms with Crippen LogP contribution in [0.25, 0.3) is 0 Å². The fraction of sp³-hybridized carbons (Fsp3) is 0.533. The van der Waals surface area contributed by atoms with Crippen molar-refractivity contribution < 1.29 is 9.90 Å². The molecule has 4 heteroatoms. The lowest BCUT2D eigenvalue weighted by atomic mass is 9.80. The highest BCUT2D eigenvalue weighted by Crippen LogP contribution is 2.41. The van der Waals surface area contributed by atoms with Crippen molar-refractivity contribution in [3.8, 4) is 0 Å². The van der Waals surface area contributed by atoms with Crippen LogP contribution in [0.1, 0.15) is 32.6 Å². The average molecular weight is 343 g/mol. The van der Waals surface area contributed by atoms with Crippen molar-refractivity contribution in [2.24, 2.45) is 11.8 Å². The van der Waals surface area contributed by atoms with Crippen molar-refractivity contribution in [1.82, 2.24) is 0 Å². The van der Waals surface area contributed by atoms with Crippen LogP contribution in [0, 0.1) is 11.8 Å². The van der Waals surface area contributed by atoms with E-state index in [0.717, 1.165) is 35.1 Å². The van der Waals surface area contributed by atoms with E-state index < -0.39 is 5.97 Å². The van der Waals surface area contributed by atoms with Crippen molar-refractivity contribution >= 4 is 33.7 Å². The highest BCUT2D eigenvalue weighted by molar-refractivity contribution is 9.10. The first-order valence-corrected chi connectivity index (χ1v) is 8.42. The molecule has 104 valence electrons. The van der Waals surface area contributed by atoms with E-state index in [-0.39, 0.29) is 11.2 Å². The van der Waals surface area contributed by atoms with Gasteiger partial charge in [-0.05, 0) is 43.4 Å². The highest BCUT2D eigenvalue weighted by Gasteiger charge is 2.35. The Hall–Kier alpha value is -0.480. The third kappa shape index (κ3) is 3.99. The second kappa shape index (κ2) is 6.80. The number of aliphatic carboxylic acids is 1. The summed E-state index contributed by atoms with van der Waals surface area (Å²) in [5, 5.41) is 9.58. The summed E-state index contributed by atoms with van der Waals surface area (Å²) in [5.41, 5.74) is 0. The molecule has 0 saturated heterocycles. The van der Waals surface area contributed by atoms with Crippen LogP contribution in [0.15, 0.2) is 33.6 Å². The predicted molar refractivity (Wildman–Crippen MR) is 82.5 cm³/mol. The molecule has 1 aliphatic carbocycles. The van der Waals surface area contributed by atoms with Gasteiger partial charge in [0.2, 0.25) is 0 Å². The smallest absolute Gasteiger partial charge is 0.307 e. The minimum atomic E-state index is -0.637. The zero-order valence-corrected chi connectivity index (χ0v) is 13.4. The van der Waals surface area contributed by atoms with E-state index in [9.17, 15) is 9.90 Å². The van der Waals surface area contributed by atoms with Crippen molar-refractivity contribution in [2.45, 2.75) is 42.8 Å². The molecule has 0 heterocycles. The molecular weight excluding hydrogens is 324 g/mol. The van der Waals surface area contributed by atoms with E-state index in [2.05, 4.69) is 35.0 Å². The van der Waals surface area contributed by atoms with Gasteiger partial charge in [0, 0.05) is 14.6 Å². The number of carboxylic acid groups (broad SMARTS) is 1. The van der Waals surface area contributed by atoms with E-state index in [4.69, 9.17) is 0 Å². The topological polar surface area (TPSA) is 37.3 Å². The summed E-state index contributed by atoms with van der Waals surface area (Å²) in [6, 6.07) is 8.12. The lowest BCUT2D eigenvalue weighted by Crippen LogP contribution is -2.32. The summed E-state index contributed by atoms with van der Waals surface area (Å²) >= 11 is 5.19. The fourth-order valence-corrected chi connectivity index (χ4v) is 4.75. The van der Waals surface area contributed by atoms with Crippen LogP contribution < -0.4 is 0 Å². The Balaban J connectivity index is 2.11. The molecule has 3 unspecified atom stereocenters. The summed E-state index contributed by atoms with van der Waals surface area (Å²) in [6.45, 7) is 2.20. The molecule has 0 aromatic heterocycles. The summed E-state index contributed by atoms with van der Waals surface area (Å²) in [6.07, 6.45) is 4.05. The number of hydrogen-bond donors (Lipinski definition) is 1. The van der Waals surface area contributed by atoms with E-state index in [1.54, 1.807) is 11.8 Å². The van der Waals surface area contributed by atoms with Gasteiger partial charge in [0.25, 0.3) is 0 Å². The van der Waals surface area contributed by atoms with Crippen molar-refractivity contribution in [3.05, 3.63) is 28.7 Å². The first-order valence-electron chi connectivity index (χ1n) is 6.75. The summed E-state index contributed by atoms with van der Waals surface area (Å²) in [5.74, 6) is -0.158. The number of carboxylic acids is 1. The molecule has 1 N–H and O–H groups in total. The lowest BCUT2D eigenvalue weighted by Gasteiger charge is -2.33. The van der Waals surface area contributed by atoms with E-state index in [0.29, 0.717) is 5.92 Å². The SMILES string of the molecule is CCC1CCC(C(=O)O)C(Sc2cccc(Br)c2)C1. The molecule has 1 aromatic rings. The Morgan fingerprint density at radius 3 is 2.89 bits per heavy atom. The lowest BCUT2D eigenvalue weighted by molar-refractivity contribution is -0.142. The molecule has 3 atom stereocenters. The van der Waals surface area contributed by atoms with Gasteiger partial charge in [0.05, 0.1) is 5.92 Å². The van der Waals surface area contributed by atoms with E-state index in [1.165, 1.54) is 0 Å². The third-order valence-corrected chi connectivity index (χ3v) is 5.72. The molecule has 0 radical (unpaired) electrons. The summed E-state index contributed by atoms with van der Waals surface area (Å²) < 4.78 is 1.05. The summed E-state index contributed by atoms with van der Waals surface area (Å²) in [4.78, 5) is 12.5. The van der Waals surface area contributed by atoms with Gasteiger partial charge in [0.15, 0.2) is 0 Å². The largest absolute Gasteiger partial charge is 0.481 e. The van der Waals surface area contributed by atoms with E-state index in [1.807, 2.05) is 12.1 Å². The zero-order valence-electron chi connectivity index (χ0n) is 11.0. The zero-order chi connectivity index (χ0) is 13.8. The standard InChI is InChI=1S/C15H19BrO2S/c1-2-10-6-7-13(15(17)18)14(8-10)19-12-5-3-4-11(16)9-12/h3-5,9-10,13-14H,2,6-8H2,1H3,(H,17,18). The van der Waals surface area contributed by atoms with Crippen LogP contribution in [-0.2, 0) is 4.79 Å². The third-order valence-electron chi connectivity index (χ3n) is 3.88. The number of benzene rings is 1. The van der Waals surface area contributed by atoms with Crippen LogP contribution in [0.5, 0.6) is 0 Å². The van der Waals surface area contributed by atoms with Gasteiger partial charge in [-0.2, -0.15) is 0 Å². The van der Waals surface area contributed by atoms with Gasteiger partial charge in [-0.25, -0.2) is 0 Å². The molecule has 0 aliphatic heterocycles. The Labute approximate surface area is 127 Å². The van der Waals surface area contributed by atoms with Crippen LogP contribution in [0.3, 0.4) is 0 Å². The average Bonchev–Trinajstić information content (AvgIpc) is 2.38. The quantitative estimate of drug-likeness (QED) is 0.852. The van der Waals surface area contributed by atoms with Gasteiger partial charge in [-0.15, -0.1) is 11.8 Å². The van der Waals surface area contributed by atoms with Crippen LogP contribution >= 0.6 is 27.7 Å². The molecule has 1 saturated carbocycles. The number of carbonyl (C=O) groups is 1. The maximum atomic E-state index is 11.4. The van der Waals surface area contributed by atoms with Gasteiger partial charge in [0.1, 0.15) is 0 Å². The van der Waals surface area contributed by atoms with Crippen molar-refractivity contribution in [3.63, 3.8) is 0 Å². The molecule has 1 aromatic carbocycles. The number of hydrogen-bond acceptors (Lipinski definition) is 2. The molecule has 0 amide bonds. The van der Waals surface area contributed by atoms with Gasteiger partial charge >= 0.3 is 5.97 Å². The fourth-order valence-electron chi connectivity index (χ4n) is 2.71. The minimum absolute atomic E-state index is 0.200.